The van der Waals surface area contributed by atoms with E-state index in [4.69, 9.17) is 14.5 Å². The van der Waals surface area contributed by atoms with Crippen molar-refractivity contribution < 1.29 is 18.7 Å². The van der Waals surface area contributed by atoms with Gasteiger partial charge >= 0.3 is 0 Å². The van der Waals surface area contributed by atoms with E-state index in [2.05, 4.69) is 42.3 Å². The molecule has 0 saturated heterocycles. The van der Waals surface area contributed by atoms with Crippen molar-refractivity contribution in [3.05, 3.63) is 91.1 Å². The van der Waals surface area contributed by atoms with Crippen molar-refractivity contribution >= 4 is 60.6 Å². The zero-order chi connectivity index (χ0) is 28.9. The Morgan fingerprint density at radius 2 is 1.93 bits per heavy atom. The van der Waals surface area contributed by atoms with Gasteiger partial charge in [0.15, 0.2) is 18.1 Å². The number of hydrogen-bond donors (Lipinski definition) is 1. The lowest BCUT2D eigenvalue weighted by Gasteiger charge is -2.22. The van der Waals surface area contributed by atoms with E-state index in [0.29, 0.717) is 43.9 Å². The zero-order valence-corrected chi connectivity index (χ0v) is 25.4. The van der Waals surface area contributed by atoms with E-state index in [9.17, 15) is 14.0 Å². The fourth-order valence-corrected chi connectivity index (χ4v) is 5.64. The van der Waals surface area contributed by atoms with E-state index in [-0.39, 0.29) is 18.1 Å². The molecule has 0 aliphatic heterocycles. The molecule has 1 aliphatic rings. The third kappa shape index (κ3) is 6.84. The number of anilines is 1. The van der Waals surface area contributed by atoms with Crippen molar-refractivity contribution in [2.45, 2.75) is 38.0 Å². The standard InChI is InChI=1S/C30H27Br2FN4O4/c1-40-26-12-19(24(32)15-27(26)41-17-28(38)35-22-9-5-8-21(33)14-22)16-34-37-29(18-6-3-2-4-7-18)36-25-11-10-20(31)13-23(25)30(37)39/h5,8-16,18H,2-4,6-7,17H2,1H3,(H,35,38). The Labute approximate surface area is 252 Å². The Bertz CT molecular complexity index is 1690. The fraction of sp³-hybridized carbons (Fsp3) is 0.267. The summed E-state index contributed by atoms with van der Waals surface area (Å²) in [4.78, 5) is 30.8. The second kappa shape index (κ2) is 12.9. The quantitative estimate of drug-likeness (QED) is 0.201. The van der Waals surface area contributed by atoms with E-state index >= 15 is 0 Å². The number of nitrogens with zero attached hydrogens (tertiary/aromatic N) is 3. The molecule has 1 saturated carbocycles. The molecule has 5 rings (SSSR count). The molecular weight excluding hydrogens is 659 g/mol. The molecule has 0 atom stereocenters. The van der Waals surface area contributed by atoms with Crippen LogP contribution in [0.4, 0.5) is 10.1 Å². The van der Waals surface area contributed by atoms with Crippen molar-refractivity contribution in [3.63, 3.8) is 0 Å². The van der Waals surface area contributed by atoms with Gasteiger partial charge in [0.05, 0.1) is 24.2 Å². The fourth-order valence-electron chi connectivity index (χ4n) is 4.85. The van der Waals surface area contributed by atoms with Crippen LogP contribution in [-0.2, 0) is 4.79 Å². The van der Waals surface area contributed by atoms with Gasteiger partial charge in [-0.25, -0.2) is 9.37 Å². The number of ether oxygens (including phenoxy) is 2. The highest BCUT2D eigenvalue weighted by atomic mass is 79.9. The van der Waals surface area contributed by atoms with E-state index in [0.717, 1.165) is 30.2 Å². The highest BCUT2D eigenvalue weighted by Gasteiger charge is 2.23. The molecule has 0 bridgehead atoms. The Hall–Kier alpha value is -3.57. The van der Waals surface area contributed by atoms with Crippen LogP contribution >= 0.6 is 31.9 Å². The molecule has 1 aliphatic carbocycles. The number of hydrogen-bond acceptors (Lipinski definition) is 6. The predicted octanol–water partition coefficient (Wildman–Crippen LogP) is 7.02. The first kappa shape index (κ1) is 28.9. The van der Waals surface area contributed by atoms with Gasteiger partial charge in [-0.2, -0.15) is 9.78 Å². The maximum Gasteiger partial charge on any atom is 0.282 e. The lowest BCUT2D eigenvalue weighted by molar-refractivity contribution is -0.118. The van der Waals surface area contributed by atoms with Crippen molar-refractivity contribution in [1.29, 1.82) is 0 Å². The van der Waals surface area contributed by atoms with Crippen LogP contribution in [0.1, 0.15) is 49.4 Å². The van der Waals surface area contributed by atoms with E-state index in [1.54, 1.807) is 30.5 Å². The third-order valence-corrected chi connectivity index (χ3v) is 8.05. The second-order valence-corrected chi connectivity index (χ2v) is 11.5. The summed E-state index contributed by atoms with van der Waals surface area (Å²) in [5, 5.41) is 7.67. The number of rotatable bonds is 8. The van der Waals surface area contributed by atoms with Crippen molar-refractivity contribution in [3.8, 4) is 11.5 Å². The SMILES string of the molecule is COc1cc(C=Nn2c(C3CCCCC3)nc3ccc(Br)cc3c2=O)c(Br)cc1OCC(=O)Nc1cccc(F)c1. The molecule has 4 aromatic rings. The van der Waals surface area contributed by atoms with E-state index < -0.39 is 11.7 Å². The van der Waals surface area contributed by atoms with Crippen LogP contribution in [0.15, 0.2) is 73.4 Å². The number of carbonyl (C=O) groups is 1. The maximum absolute atomic E-state index is 13.6. The number of nitrogens with one attached hydrogen (secondary N) is 1. The normalized spacial score (nSPS) is 14.0. The molecule has 3 aromatic carbocycles. The Morgan fingerprint density at radius 3 is 2.68 bits per heavy atom. The smallest absolute Gasteiger partial charge is 0.282 e. The molecule has 1 fully saturated rings. The summed E-state index contributed by atoms with van der Waals surface area (Å²) in [5.41, 5.74) is 1.38. The first-order valence-electron chi connectivity index (χ1n) is 13.1. The molecular formula is C30H27Br2FN4O4. The van der Waals surface area contributed by atoms with Crippen molar-refractivity contribution in [2.24, 2.45) is 5.10 Å². The highest BCUT2D eigenvalue weighted by Crippen LogP contribution is 2.34. The van der Waals surface area contributed by atoms with Crippen LogP contribution in [0.2, 0.25) is 0 Å². The number of fused-ring (bicyclic) bond motifs is 1. The summed E-state index contributed by atoms with van der Waals surface area (Å²) in [5.74, 6) is 0.593. The number of halogens is 3. The lowest BCUT2D eigenvalue weighted by atomic mass is 9.88. The summed E-state index contributed by atoms with van der Waals surface area (Å²) in [7, 11) is 1.49. The van der Waals surface area contributed by atoms with Gasteiger partial charge in [0, 0.05) is 26.1 Å². The molecule has 0 unspecified atom stereocenters. The van der Waals surface area contributed by atoms with Gasteiger partial charge < -0.3 is 14.8 Å². The van der Waals surface area contributed by atoms with E-state index in [1.807, 2.05) is 12.1 Å². The number of aromatic nitrogens is 2. The first-order chi connectivity index (χ1) is 19.8. The van der Waals surface area contributed by atoms with Gasteiger partial charge in [0.1, 0.15) is 11.6 Å². The zero-order valence-electron chi connectivity index (χ0n) is 22.2. The average Bonchev–Trinajstić information content (AvgIpc) is 2.97. The number of benzene rings is 3. The Kier molecular flexibility index (Phi) is 9.14. The molecule has 1 aromatic heterocycles. The van der Waals surface area contributed by atoms with Gasteiger partial charge in [-0.15, -0.1) is 0 Å². The molecule has 0 spiro atoms. The molecule has 41 heavy (non-hydrogen) atoms. The summed E-state index contributed by atoms with van der Waals surface area (Å²) in [6.45, 7) is -0.314. The predicted molar refractivity (Wildman–Crippen MR) is 164 cm³/mol. The molecule has 212 valence electrons. The second-order valence-electron chi connectivity index (χ2n) is 9.70. The van der Waals surface area contributed by atoms with E-state index in [1.165, 1.54) is 36.4 Å². The van der Waals surface area contributed by atoms with Crippen LogP contribution in [-0.4, -0.2) is 35.5 Å². The molecule has 8 nitrogen and oxygen atoms in total. The third-order valence-electron chi connectivity index (χ3n) is 6.87. The van der Waals surface area contributed by atoms with Crippen LogP contribution in [0, 0.1) is 5.82 Å². The largest absolute Gasteiger partial charge is 0.493 e. The van der Waals surface area contributed by atoms with Gasteiger partial charge in [-0.3, -0.25) is 9.59 Å². The number of carbonyl (C=O) groups excluding carboxylic acids is 1. The minimum absolute atomic E-state index is 0.147. The summed E-state index contributed by atoms with van der Waals surface area (Å²) < 4.78 is 27.4. The molecule has 11 heteroatoms. The van der Waals surface area contributed by atoms with Gasteiger partial charge in [0.2, 0.25) is 0 Å². The number of amides is 1. The van der Waals surface area contributed by atoms with Gasteiger partial charge in [-0.1, -0.05) is 41.3 Å². The van der Waals surface area contributed by atoms with Crippen molar-refractivity contribution in [2.75, 3.05) is 19.0 Å². The summed E-state index contributed by atoms with van der Waals surface area (Å²) in [6, 6.07) is 14.5. The Morgan fingerprint density at radius 1 is 1.12 bits per heavy atom. The maximum atomic E-state index is 13.6. The first-order valence-corrected chi connectivity index (χ1v) is 14.7. The lowest BCUT2D eigenvalue weighted by Crippen LogP contribution is -2.25. The molecule has 0 radical (unpaired) electrons. The van der Waals surface area contributed by atoms with Crippen LogP contribution in [0.3, 0.4) is 0 Å². The Balaban J connectivity index is 1.42. The van der Waals surface area contributed by atoms with Crippen molar-refractivity contribution in [1.82, 2.24) is 9.66 Å². The molecule has 1 N–H and O–H groups in total. The van der Waals surface area contributed by atoms with Crippen LogP contribution in [0.25, 0.3) is 10.9 Å². The summed E-state index contributed by atoms with van der Waals surface area (Å²) in [6.07, 6.45) is 6.85. The molecule has 1 amide bonds. The van der Waals surface area contributed by atoms with Crippen LogP contribution < -0.4 is 20.3 Å². The molecule has 1 heterocycles. The average molecular weight is 686 g/mol. The number of methoxy groups -OCH3 is 1. The minimum atomic E-state index is -0.454. The van der Waals surface area contributed by atoms with Gasteiger partial charge in [-0.05, 0) is 77.3 Å². The van der Waals surface area contributed by atoms with Gasteiger partial charge in [0.25, 0.3) is 11.5 Å². The topological polar surface area (TPSA) is 94.8 Å². The summed E-state index contributed by atoms with van der Waals surface area (Å²) >= 11 is 6.99. The van der Waals surface area contributed by atoms with Crippen LogP contribution in [0.5, 0.6) is 11.5 Å². The highest BCUT2D eigenvalue weighted by molar-refractivity contribution is 9.10. The monoisotopic (exact) mass is 684 g/mol. The minimum Gasteiger partial charge on any atom is -0.493 e.